The summed E-state index contributed by atoms with van der Waals surface area (Å²) >= 11 is 0. The lowest BCUT2D eigenvalue weighted by Crippen LogP contribution is -2.54. The number of nitrogens with zero attached hydrogens (tertiary/aromatic N) is 7. The summed E-state index contributed by atoms with van der Waals surface area (Å²) < 4.78 is 0. The molecule has 1 aromatic heterocycles. The third-order valence-electron chi connectivity index (χ3n) is 11.9. The predicted molar refractivity (Wildman–Crippen MR) is 202 cm³/mol. The predicted octanol–water partition coefficient (Wildman–Crippen LogP) is 2.61. The first-order chi connectivity index (χ1) is 26.4. The van der Waals surface area contributed by atoms with Crippen molar-refractivity contribution in [2.45, 2.75) is 62.9 Å². The van der Waals surface area contributed by atoms with Gasteiger partial charge in [-0.15, -0.1) is 0 Å². The Hall–Kier alpha value is -6.06. The fourth-order valence-corrected chi connectivity index (χ4v) is 8.52. The van der Waals surface area contributed by atoms with Crippen LogP contribution in [0.5, 0.6) is 0 Å². The van der Waals surface area contributed by atoms with E-state index >= 15 is 0 Å². The number of fused-ring (bicyclic) bond motifs is 1. The van der Waals surface area contributed by atoms with Crippen molar-refractivity contribution in [2.75, 3.05) is 61.4 Å². The van der Waals surface area contributed by atoms with Crippen LogP contribution in [0.4, 0.5) is 27.8 Å². The Labute approximate surface area is 318 Å². The van der Waals surface area contributed by atoms with Crippen LogP contribution in [0.3, 0.4) is 0 Å². The number of likely N-dealkylation sites (N-methyl/N-ethyl adjacent to an activating group) is 1. The standard InChI is InChI=1S/C39H44N10O6/c1-39(13-16-46(17-14-39)25-9-10-27-28(20-25)37(54)49(36(27)53)29-11-12-31(50)44-35(29)52)23-5-7-24(8-6-23)42-34-32(33(40)51)41-21-30(43-34)47-15-3-4-26(22-47)48-19-18-45(2)38(48)55/h5-10,20-21,26,29H,3-4,11-19,22H2,1-2H3,(H2,40,51)(H,42,43)(H,44,50,52)/t26-,29?/m1/s1. The van der Waals surface area contributed by atoms with Crippen molar-refractivity contribution >= 4 is 58.6 Å². The highest BCUT2D eigenvalue weighted by Crippen LogP contribution is 2.39. The first-order valence-electron chi connectivity index (χ1n) is 18.8. The minimum Gasteiger partial charge on any atom is -0.371 e. The van der Waals surface area contributed by atoms with Gasteiger partial charge in [0, 0.05) is 64.1 Å². The third kappa shape index (κ3) is 6.59. The van der Waals surface area contributed by atoms with Gasteiger partial charge in [-0.25, -0.2) is 14.8 Å². The number of primary amides is 1. The van der Waals surface area contributed by atoms with E-state index in [1.54, 1.807) is 23.2 Å². The van der Waals surface area contributed by atoms with E-state index in [1.165, 1.54) is 0 Å². The molecule has 2 aromatic carbocycles. The van der Waals surface area contributed by atoms with Crippen LogP contribution in [-0.2, 0) is 15.0 Å². The fraction of sp³-hybridized carbons (Fsp3) is 0.436. The van der Waals surface area contributed by atoms with Crippen LogP contribution >= 0.6 is 0 Å². The number of amides is 7. The molecule has 4 N–H and O–H groups in total. The first kappa shape index (κ1) is 35.9. The quantitative estimate of drug-likeness (QED) is 0.287. The Balaban J connectivity index is 0.922. The molecule has 0 radical (unpaired) electrons. The molecule has 1 unspecified atom stereocenters. The van der Waals surface area contributed by atoms with E-state index in [9.17, 15) is 28.8 Å². The topological polar surface area (TPSA) is 194 Å². The molecule has 5 aliphatic heterocycles. The second-order valence-electron chi connectivity index (χ2n) is 15.4. The van der Waals surface area contributed by atoms with Gasteiger partial charge < -0.3 is 30.7 Å². The Morgan fingerprint density at radius 3 is 2.35 bits per heavy atom. The van der Waals surface area contributed by atoms with Gasteiger partial charge in [0.1, 0.15) is 11.9 Å². The molecule has 4 saturated heterocycles. The second-order valence-corrected chi connectivity index (χ2v) is 15.4. The van der Waals surface area contributed by atoms with Crippen LogP contribution in [0, 0.1) is 0 Å². The number of hydrogen-bond acceptors (Lipinski definition) is 11. The van der Waals surface area contributed by atoms with Gasteiger partial charge in [-0.3, -0.25) is 34.2 Å². The normalized spacial score (nSPS) is 22.7. The fourth-order valence-electron chi connectivity index (χ4n) is 8.52. The summed E-state index contributed by atoms with van der Waals surface area (Å²) in [5.41, 5.74) is 8.86. The van der Waals surface area contributed by atoms with Crippen molar-refractivity contribution < 1.29 is 28.8 Å². The summed E-state index contributed by atoms with van der Waals surface area (Å²) in [6.07, 6.45) is 5.24. The number of rotatable bonds is 8. The zero-order chi connectivity index (χ0) is 38.6. The summed E-state index contributed by atoms with van der Waals surface area (Å²) in [6.45, 7) is 6.48. The monoisotopic (exact) mass is 748 g/mol. The molecule has 0 aliphatic carbocycles. The van der Waals surface area contributed by atoms with Crippen LogP contribution in [0.1, 0.15) is 82.2 Å². The minimum absolute atomic E-state index is 0.0402. The van der Waals surface area contributed by atoms with Crippen molar-refractivity contribution in [3.8, 4) is 0 Å². The van der Waals surface area contributed by atoms with E-state index < -0.39 is 35.6 Å². The van der Waals surface area contributed by atoms with Gasteiger partial charge in [-0.2, -0.15) is 0 Å². The zero-order valence-corrected chi connectivity index (χ0v) is 30.9. The van der Waals surface area contributed by atoms with Crippen molar-refractivity contribution in [1.82, 2.24) is 30.0 Å². The van der Waals surface area contributed by atoms with Crippen molar-refractivity contribution in [3.63, 3.8) is 0 Å². The molecule has 4 fully saturated rings. The van der Waals surface area contributed by atoms with E-state index in [0.29, 0.717) is 25.5 Å². The van der Waals surface area contributed by atoms with E-state index in [-0.39, 0.29) is 53.0 Å². The molecule has 0 bridgehead atoms. The van der Waals surface area contributed by atoms with Gasteiger partial charge in [0.25, 0.3) is 17.7 Å². The number of anilines is 4. The van der Waals surface area contributed by atoms with Crippen molar-refractivity contribution in [1.29, 1.82) is 0 Å². The number of urea groups is 1. The summed E-state index contributed by atoms with van der Waals surface area (Å²) in [5, 5.41) is 5.50. The van der Waals surface area contributed by atoms with E-state index in [0.717, 1.165) is 67.2 Å². The van der Waals surface area contributed by atoms with Gasteiger partial charge in [0.15, 0.2) is 11.5 Å². The highest BCUT2D eigenvalue weighted by Gasteiger charge is 2.45. The molecule has 286 valence electrons. The van der Waals surface area contributed by atoms with E-state index in [2.05, 4.69) is 44.5 Å². The minimum atomic E-state index is -1.00. The van der Waals surface area contributed by atoms with Crippen LogP contribution in [0.2, 0.25) is 0 Å². The third-order valence-corrected chi connectivity index (χ3v) is 11.9. The number of piperidine rings is 3. The summed E-state index contributed by atoms with van der Waals surface area (Å²) in [5.74, 6) is -1.88. The van der Waals surface area contributed by atoms with Crippen LogP contribution < -0.4 is 26.2 Å². The number of nitrogens with one attached hydrogen (secondary N) is 2. The summed E-state index contributed by atoms with van der Waals surface area (Å²) in [7, 11) is 1.82. The summed E-state index contributed by atoms with van der Waals surface area (Å²) in [4.78, 5) is 93.8. The van der Waals surface area contributed by atoms with Crippen molar-refractivity contribution in [3.05, 3.63) is 71.0 Å². The highest BCUT2D eigenvalue weighted by atomic mass is 16.2. The first-order valence-corrected chi connectivity index (χ1v) is 18.8. The maximum atomic E-state index is 13.4. The smallest absolute Gasteiger partial charge is 0.320 e. The molecule has 8 rings (SSSR count). The molecule has 3 aromatic rings. The molecule has 0 saturated carbocycles. The van der Waals surface area contributed by atoms with E-state index in [4.69, 9.17) is 10.7 Å². The lowest BCUT2D eigenvalue weighted by atomic mass is 9.74. The lowest BCUT2D eigenvalue weighted by molar-refractivity contribution is -0.136. The molecule has 7 amide bonds. The van der Waals surface area contributed by atoms with Crippen LogP contribution in [0.15, 0.2) is 48.7 Å². The van der Waals surface area contributed by atoms with Gasteiger partial charge in [-0.1, -0.05) is 19.1 Å². The Kier molecular flexibility index (Phi) is 9.13. The number of benzene rings is 2. The number of hydrogen-bond donors (Lipinski definition) is 3. The lowest BCUT2D eigenvalue weighted by Gasteiger charge is -2.41. The van der Waals surface area contributed by atoms with Crippen LogP contribution in [-0.4, -0.2) is 119 Å². The Morgan fingerprint density at radius 2 is 1.65 bits per heavy atom. The largest absolute Gasteiger partial charge is 0.371 e. The number of nitrogens with two attached hydrogens (primary N) is 1. The summed E-state index contributed by atoms with van der Waals surface area (Å²) in [6, 6.07) is 12.4. The molecule has 16 heteroatoms. The molecule has 2 atom stereocenters. The molecule has 0 spiro atoms. The average molecular weight is 749 g/mol. The number of imide groups is 2. The molecule has 6 heterocycles. The van der Waals surface area contributed by atoms with Gasteiger partial charge in [0.05, 0.1) is 23.4 Å². The number of aromatic nitrogens is 2. The number of carbonyl (C=O) groups is 6. The molecular weight excluding hydrogens is 704 g/mol. The van der Waals surface area contributed by atoms with Gasteiger partial charge in [-0.05, 0) is 73.4 Å². The molecular formula is C39H44N10O6. The molecule has 5 aliphatic rings. The van der Waals surface area contributed by atoms with Gasteiger partial charge >= 0.3 is 6.03 Å². The van der Waals surface area contributed by atoms with Crippen molar-refractivity contribution in [2.24, 2.45) is 5.73 Å². The maximum absolute atomic E-state index is 13.4. The van der Waals surface area contributed by atoms with Gasteiger partial charge in [0.2, 0.25) is 11.8 Å². The van der Waals surface area contributed by atoms with E-state index in [1.807, 2.05) is 30.1 Å². The van der Waals surface area contributed by atoms with Crippen LogP contribution in [0.25, 0.3) is 0 Å². The Morgan fingerprint density at radius 1 is 0.909 bits per heavy atom. The molecule has 16 nitrogen and oxygen atoms in total. The SMILES string of the molecule is CN1CCN([C@@H]2CCCN(c3cnc(C(N)=O)c(Nc4ccc(C5(C)CCN(c6ccc7c(c6)C(=O)N(C6CCC(=O)NC6=O)C7=O)CC5)cc4)n3)C2)C1=O. The number of carbonyl (C=O) groups excluding carboxylic acids is 6. The maximum Gasteiger partial charge on any atom is 0.320 e. The molecule has 55 heavy (non-hydrogen) atoms. The highest BCUT2D eigenvalue weighted by molar-refractivity contribution is 6.23. The average Bonchev–Trinajstić information content (AvgIpc) is 3.64. The zero-order valence-electron chi connectivity index (χ0n) is 30.9. The Bertz CT molecular complexity index is 2100. The second kappa shape index (κ2) is 14.0.